The molecule has 0 aliphatic heterocycles. The number of H-pyrrole nitrogens is 1. The number of sulfone groups is 1. The first-order valence-electron chi connectivity index (χ1n) is 8.38. The second kappa shape index (κ2) is 6.92. The van der Waals surface area contributed by atoms with Crippen LogP contribution in [0.15, 0.2) is 53.4 Å². The molecule has 3 aromatic rings. The highest BCUT2D eigenvalue weighted by Crippen LogP contribution is 2.18. The van der Waals surface area contributed by atoms with E-state index in [0.29, 0.717) is 11.4 Å². The van der Waals surface area contributed by atoms with Crippen LogP contribution in [0, 0.1) is 0 Å². The summed E-state index contributed by atoms with van der Waals surface area (Å²) in [5.74, 6) is 0.380. The highest BCUT2D eigenvalue weighted by molar-refractivity contribution is 7.92. The lowest BCUT2D eigenvalue weighted by atomic mass is 10.2. The molecule has 0 saturated heterocycles. The van der Waals surface area contributed by atoms with Crippen molar-refractivity contribution in [3.63, 3.8) is 0 Å². The van der Waals surface area contributed by atoms with Crippen molar-refractivity contribution in [3.8, 4) is 0 Å². The molecule has 1 amide bonds. The highest BCUT2D eigenvalue weighted by atomic mass is 32.2. The van der Waals surface area contributed by atoms with E-state index in [9.17, 15) is 13.2 Å². The summed E-state index contributed by atoms with van der Waals surface area (Å²) in [6.45, 7) is 5.10. The Morgan fingerprint density at radius 3 is 2.31 bits per heavy atom. The van der Waals surface area contributed by atoms with Crippen molar-refractivity contribution in [3.05, 3.63) is 59.9 Å². The van der Waals surface area contributed by atoms with E-state index in [2.05, 4.69) is 15.3 Å². The molecule has 0 radical (unpaired) electrons. The molecule has 0 spiro atoms. The average molecular weight is 371 g/mol. The minimum Gasteiger partial charge on any atom is -0.342 e. The molecule has 0 bridgehead atoms. The zero-order valence-corrected chi connectivity index (χ0v) is 15.7. The van der Waals surface area contributed by atoms with E-state index in [0.717, 1.165) is 11.0 Å². The first kappa shape index (κ1) is 18.1. The van der Waals surface area contributed by atoms with Crippen LogP contribution in [-0.2, 0) is 9.84 Å². The Labute approximate surface area is 152 Å². The lowest BCUT2D eigenvalue weighted by molar-refractivity contribution is 0.0938. The first-order valence-corrected chi connectivity index (χ1v) is 9.93. The molecule has 26 heavy (non-hydrogen) atoms. The molecule has 0 fully saturated rings. The fourth-order valence-electron chi connectivity index (χ4n) is 2.59. The predicted molar refractivity (Wildman–Crippen MR) is 101 cm³/mol. The number of benzene rings is 2. The Balaban J connectivity index is 1.75. The topological polar surface area (TPSA) is 91.9 Å². The Kier molecular flexibility index (Phi) is 4.82. The fourth-order valence-corrected chi connectivity index (χ4v) is 3.65. The standard InChI is InChI=1S/C19H21N3O3S/c1-12(2)26(24,25)15-10-8-14(9-11-15)19(23)20-13(3)18-21-16-6-4-5-7-17(16)22-18/h4-13H,1-3H3,(H,20,23)(H,21,22). The molecule has 1 aromatic heterocycles. The molecule has 136 valence electrons. The largest absolute Gasteiger partial charge is 0.342 e. The van der Waals surface area contributed by atoms with Gasteiger partial charge in [0.05, 0.1) is 27.2 Å². The van der Waals surface area contributed by atoms with Crippen LogP contribution in [0.4, 0.5) is 0 Å². The zero-order chi connectivity index (χ0) is 18.9. The number of nitrogens with zero attached hydrogens (tertiary/aromatic N) is 1. The summed E-state index contributed by atoms with van der Waals surface area (Å²) in [6.07, 6.45) is 0. The number of amides is 1. The quantitative estimate of drug-likeness (QED) is 0.720. The Bertz CT molecular complexity index is 1000. The number of imidazole rings is 1. The number of fused-ring (bicyclic) bond motifs is 1. The minimum absolute atomic E-state index is 0.217. The van der Waals surface area contributed by atoms with Crippen LogP contribution in [0.3, 0.4) is 0 Å². The molecule has 6 nitrogen and oxygen atoms in total. The molecule has 2 aromatic carbocycles. The summed E-state index contributed by atoms with van der Waals surface area (Å²) in [7, 11) is -3.35. The summed E-state index contributed by atoms with van der Waals surface area (Å²) in [5.41, 5.74) is 2.15. The van der Waals surface area contributed by atoms with Gasteiger partial charge in [-0.05, 0) is 57.2 Å². The lowest BCUT2D eigenvalue weighted by Gasteiger charge is -2.12. The lowest BCUT2D eigenvalue weighted by Crippen LogP contribution is -2.27. The molecule has 1 heterocycles. The van der Waals surface area contributed by atoms with Gasteiger partial charge >= 0.3 is 0 Å². The maximum absolute atomic E-state index is 12.4. The molecular weight excluding hydrogens is 350 g/mol. The Morgan fingerprint density at radius 2 is 1.69 bits per heavy atom. The number of aromatic nitrogens is 2. The number of rotatable bonds is 5. The number of hydrogen-bond donors (Lipinski definition) is 2. The number of carbonyl (C=O) groups excluding carboxylic acids is 1. The molecule has 2 N–H and O–H groups in total. The smallest absolute Gasteiger partial charge is 0.251 e. The van der Waals surface area contributed by atoms with E-state index >= 15 is 0 Å². The van der Waals surface area contributed by atoms with Crippen LogP contribution in [0.5, 0.6) is 0 Å². The Morgan fingerprint density at radius 1 is 1.04 bits per heavy atom. The first-order chi connectivity index (χ1) is 12.3. The van der Waals surface area contributed by atoms with Gasteiger partial charge in [0.15, 0.2) is 9.84 Å². The Hall–Kier alpha value is -2.67. The van der Waals surface area contributed by atoms with Crippen molar-refractivity contribution >= 4 is 26.8 Å². The van der Waals surface area contributed by atoms with Gasteiger partial charge in [0.25, 0.3) is 5.91 Å². The van der Waals surface area contributed by atoms with E-state index in [1.165, 1.54) is 24.3 Å². The average Bonchev–Trinajstić information content (AvgIpc) is 3.06. The van der Waals surface area contributed by atoms with Gasteiger partial charge in [0.1, 0.15) is 5.82 Å². The minimum atomic E-state index is -3.35. The summed E-state index contributed by atoms with van der Waals surface area (Å²) in [5, 5.41) is 2.37. The monoisotopic (exact) mass is 371 g/mol. The summed E-state index contributed by atoms with van der Waals surface area (Å²) in [6, 6.07) is 13.3. The molecular formula is C19H21N3O3S. The number of para-hydroxylation sites is 2. The molecule has 3 rings (SSSR count). The summed E-state index contributed by atoms with van der Waals surface area (Å²) < 4.78 is 24.3. The van der Waals surface area contributed by atoms with Crippen molar-refractivity contribution in [2.75, 3.05) is 0 Å². The summed E-state index contributed by atoms with van der Waals surface area (Å²) in [4.78, 5) is 20.3. The van der Waals surface area contributed by atoms with Gasteiger partial charge in [-0.2, -0.15) is 0 Å². The fraction of sp³-hybridized carbons (Fsp3) is 0.263. The van der Waals surface area contributed by atoms with E-state index in [-0.39, 0.29) is 16.8 Å². The van der Waals surface area contributed by atoms with Gasteiger partial charge in [0.2, 0.25) is 0 Å². The van der Waals surface area contributed by atoms with Crippen molar-refractivity contribution < 1.29 is 13.2 Å². The number of carbonyl (C=O) groups is 1. The van der Waals surface area contributed by atoms with Gasteiger partial charge in [-0.1, -0.05) is 12.1 Å². The van der Waals surface area contributed by atoms with Crippen LogP contribution in [-0.4, -0.2) is 29.5 Å². The van der Waals surface area contributed by atoms with Crippen LogP contribution in [0.25, 0.3) is 11.0 Å². The third-order valence-electron chi connectivity index (χ3n) is 4.23. The second-order valence-electron chi connectivity index (χ2n) is 6.45. The van der Waals surface area contributed by atoms with Crippen molar-refractivity contribution in [1.82, 2.24) is 15.3 Å². The van der Waals surface area contributed by atoms with E-state index in [1.807, 2.05) is 31.2 Å². The van der Waals surface area contributed by atoms with Gasteiger partial charge in [-0.25, -0.2) is 13.4 Å². The zero-order valence-electron chi connectivity index (χ0n) is 14.9. The van der Waals surface area contributed by atoms with Gasteiger partial charge < -0.3 is 10.3 Å². The van der Waals surface area contributed by atoms with E-state index in [4.69, 9.17) is 0 Å². The third kappa shape index (κ3) is 3.48. The van der Waals surface area contributed by atoms with E-state index in [1.54, 1.807) is 13.8 Å². The number of hydrogen-bond acceptors (Lipinski definition) is 4. The number of aromatic amines is 1. The van der Waals surface area contributed by atoms with Crippen molar-refractivity contribution in [1.29, 1.82) is 0 Å². The molecule has 0 saturated carbocycles. The molecule has 1 atom stereocenters. The maximum atomic E-state index is 12.4. The number of nitrogens with one attached hydrogen (secondary N) is 2. The van der Waals surface area contributed by atoms with Crippen LogP contribution >= 0.6 is 0 Å². The maximum Gasteiger partial charge on any atom is 0.251 e. The molecule has 0 aliphatic rings. The van der Waals surface area contributed by atoms with Gasteiger partial charge in [-0.15, -0.1) is 0 Å². The second-order valence-corrected chi connectivity index (χ2v) is 8.96. The SMILES string of the molecule is CC(NC(=O)c1ccc(S(=O)(=O)C(C)C)cc1)c1nc2ccccc2[nH]1. The van der Waals surface area contributed by atoms with Crippen LogP contribution in [0.2, 0.25) is 0 Å². The van der Waals surface area contributed by atoms with Crippen molar-refractivity contribution in [2.24, 2.45) is 0 Å². The molecule has 1 unspecified atom stereocenters. The predicted octanol–water partition coefficient (Wildman–Crippen LogP) is 3.24. The van der Waals surface area contributed by atoms with Gasteiger partial charge in [0, 0.05) is 5.56 Å². The normalized spacial score (nSPS) is 13.1. The third-order valence-corrected chi connectivity index (χ3v) is 6.40. The van der Waals surface area contributed by atoms with Gasteiger partial charge in [-0.3, -0.25) is 4.79 Å². The highest BCUT2D eigenvalue weighted by Gasteiger charge is 2.20. The van der Waals surface area contributed by atoms with Crippen molar-refractivity contribution in [2.45, 2.75) is 37.0 Å². The van der Waals surface area contributed by atoms with Crippen LogP contribution < -0.4 is 5.32 Å². The summed E-state index contributed by atoms with van der Waals surface area (Å²) >= 11 is 0. The van der Waals surface area contributed by atoms with E-state index < -0.39 is 15.1 Å². The van der Waals surface area contributed by atoms with Crippen LogP contribution in [0.1, 0.15) is 43.0 Å². The molecule has 7 heteroatoms. The molecule has 0 aliphatic carbocycles.